The molecule has 18 heavy (non-hydrogen) atoms. The lowest BCUT2D eigenvalue weighted by atomic mass is 10.3. The van der Waals surface area contributed by atoms with E-state index < -0.39 is 0 Å². The number of hydrogen-bond acceptors (Lipinski definition) is 3. The van der Waals surface area contributed by atoms with E-state index in [9.17, 15) is 4.79 Å². The van der Waals surface area contributed by atoms with Crippen LogP contribution in [0.15, 0.2) is 47.1 Å². The molecule has 4 heteroatoms. The summed E-state index contributed by atoms with van der Waals surface area (Å²) in [6, 6.07) is 10.6. The fourth-order valence-corrected chi connectivity index (χ4v) is 1.50. The lowest BCUT2D eigenvalue weighted by Gasteiger charge is -2.10. The van der Waals surface area contributed by atoms with Gasteiger partial charge in [-0.15, -0.1) is 0 Å². The molecule has 0 unspecified atom stereocenters. The van der Waals surface area contributed by atoms with Gasteiger partial charge in [0.05, 0.1) is 18.6 Å². The van der Waals surface area contributed by atoms with Gasteiger partial charge < -0.3 is 14.5 Å². The molecule has 1 aromatic carbocycles. The maximum absolute atomic E-state index is 11.8. The molecule has 0 spiro atoms. The van der Waals surface area contributed by atoms with Crippen LogP contribution in [-0.4, -0.2) is 12.5 Å². The number of carbonyl (C=O) groups is 1. The van der Waals surface area contributed by atoms with Crippen molar-refractivity contribution in [3.05, 3.63) is 48.4 Å². The quantitative estimate of drug-likeness (QED) is 0.879. The minimum Gasteiger partial charge on any atom is -0.491 e. The second-order valence-electron chi connectivity index (χ2n) is 3.78. The molecule has 0 aliphatic carbocycles. The zero-order valence-corrected chi connectivity index (χ0v) is 10.2. The Balaban J connectivity index is 2.11. The first-order chi connectivity index (χ1) is 8.81. The van der Waals surface area contributed by atoms with E-state index in [2.05, 4.69) is 5.32 Å². The van der Waals surface area contributed by atoms with Crippen molar-refractivity contribution < 1.29 is 13.9 Å². The van der Waals surface area contributed by atoms with E-state index >= 15 is 0 Å². The number of hydrogen-bond donors (Lipinski definition) is 1. The summed E-state index contributed by atoms with van der Waals surface area (Å²) in [5.41, 5.74) is 0.646. The Bertz CT molecular complexity index is 506. The zero-order valence-electron chi connectivity index (χ0n) is 10.2. The van der Waals surface area contributed by atoms with Crippen LogP contribution >= 0.6 is 0 Å². The fraction of sp³-hybridized carbons (Fsp3) is 0.214. The van der Waals surface area contributed by atoms with Crippen molar-refractivity contribution >= 4 is 11.6 Å². The molecule has 0 radical (unpaired) electrons. The van der Waals surface area contributed by atoms with Crippen molar-refractivity contribution in [2.45, 2.75) is 13.3 Å². The molecule has 1 N–H and O–H groups in total. The average Bonchev–Trinajstić information content (AvgIpc) is 2.91. The maximum atomic E-state index is 11.8. The SMILES string of the molecule is CCCOc1ccccc1NC(=O)c1ccco1. The molecule has 0 atom stereocenters. The standard InChI is InChI=1S/C14H15NO3/c1-2-9-17-12-7-4-3-6-11(12)15-14(16)13-8-5-10-18-13/h3-8,10H,2,9H2,1H3,(H,15,16). The van der Waals surface area contributed by atoms with Gasteiger partial charge in [-0.05, 0) is 30.7 Å². The fourth-order valence-electron chi connectivity index (χ4n) is 1.50. The van der Waals surface area contributed by atoms with Gasteiger partial charge in [0.25, 0.3) is 5.91 Å². The third-order valence-corrected chi connectivity index (χ3v) is 2.34. The maximum Gasteiger partial charge on any atom is 0.291 e. The summed E-state index contributed by atoms with van der Waals surface area (Å²) < 4.78 is 10.6. The van der Waals surface area contributed by atoms with Gasteiger partial charge in [0.2, 0.25) is 0 Å². The first-order valence-corrected chi connectivity index (χ1v) is 5.88. The van der Waals surface area contributed by atoms with Crippen LogP contribution in [0, 0.1) is 0 Å². The highest BCUT2D eigenvalue weighted by Crippen LogP contribution is 2.24. The first-order valence-electron chi connectivity index (χ1n) is 5.88. The number of rotatable bonds is 5. The van der Waals surface area contributed by atoms with Crippen molar-refractivity contribution in [1.82, 2.24) is 0 Å². The third kappa shape index (κ3) is 2.91. The second kappa shape index (κ2) is 5.91. The minimum absolute atomic E-state index is 0.278. The van der Waals surface area contributed by atoms with E-state index in [1.165, 1.54) is 6.26 Å². The van der Waals surface area contributed by atoms with Crippen LogP contribution in [0.2, 0.25) is 0 Å². The van der Waals surface area contributed by atoms with E-state index in [1.807, 2.05) is 25.1 Å². The average molecular weight is 245 g/mol. The molecule has 94 valence electrons. The number of ether oxygens (including phenoxy) is 1. The van der Waals surface area contributed by atoms with Crippen LogP contribution in [0.4, 0.5) is 5.69 Å². The van der Waals surface area contributed by atoms with Crippen LogP contribution in [-0.2, 0) is 0 Å². The monoisotopic (exact) mass is 245 g/mol. The molecule has 0 aliphatic heterocycles. The van der Waals surface area contributed by atoms with Crippen LogP contribution < -0.4 is 10.1 Å². The van der Waals surface area contributed by atoms with Crippen LogP contribution in [0.5, 0.6) is 5.75 Å². The van der Waals surface area contributed by atoms with Crippen LogP contribution in [0.3, 0.4) is 0 Å². The van der Waals surface area contributed by atoms with Gasteiger partial charge in [0.15, 0.2) is 5.76 Å². The number of carbonyl (C=O) groups excluding carboxylic acids is 1. The predicted molar refractivity (Wildman–Crippen MR) is 68.9 cm³/mol. The summed E-state index contributed by atoms with van der Waals surface area (Å²) in [7, 11) is 0. The lowest BCUT2D eigenvalue weighted by Crippen LogP contribution is -2.12. The minimum atomic E-state index is -0.285. The normalized spacial score (nSPS) is 10.1. The number of amides is 1. The molecule has 1 aromatic heterocycles. The molecule has 2 aromatic rings. The van der Waals surface area contributed by atoms with Gasteiger partial charge in [-0.3, -0.25) is 4.79 Å². The molecule has 1 amide bonds. The molecular weight excluding hydrogens is 230 g/mol. The Kier molecular flexibility index (Phi) is 4.02. The Morgan fingerprint density at radius 1 is 1.28 bits per heavy atom. The van der Waals surface area contributed by atoms with Crippen molar-refractivity contribution in [3.63, 3.8) is 0 Å². The van der Waals surface area contributed by atoms with Crippen molar-refractivity contribution in [3.8, 4) is 5.75 Å². The van der Waals surface area contributed by atoms with Crippen LogP contribution in [0.1, 0.15) is 23.9 Å². The molecule has 0 bridgehead atoms. The Morgan fingerprint density at radius 2 is 2.11 bits per heavy atom. The molecule has 1 heterocycles. The summed E-state index contributed by atoms with van der Waals surface area (Å²) in [4.78, 5) is 11.8. The largest absolute Gasteiger partial charge is 0.491 e. The van der Waals surface area contributed by atoms with Gasteiger partial charge in [-0.25, -0.2) is 0 Å². The number of anilines is 1. The molecule has 0 aliphatic rings. The van der Waals surface area contributed by atoms with Crippen molar-refractivity contribution in [2.24, 2.45) is 0 Å². The molecule has 2 rings (SSSR count). The van der Waals surface area contributed by atoms with Crippen LogP contribution in [0.25, 0.3) is 0 Å². The van der Waals surface area contributed by atoms with Crippen molar-refractivity contribution in [2.75, 3.05) is 11.9 Å². The van der Waals surface area contributed by atoms with E-state index in [4.69, 9.17) is 9.15 Å². The predicted octanol–water partition coefficient (Wildman–Crippen LogP) is 3.32. The van der Waals surface area contributed by atoms with Gasteiger partial charge in [-0.1, -0.05) is 19.1 Å². The highest BCUT2D eigenvalue weighted by atomic mass is 16.5. The van der Waals surface area contributed by atoms with E-state index in [1.54, 1.807) is 18.2 Å². The number of nitrogens with one attached hydrogen (secondary N) is 1. The van der Waals surface area contributed by atoms with Gasteiger partial charge >= 0.3 is 0 Å². The van der Waals surface area contributed by atoms with E-state index in [-0.39, 0.29) is 11.7 Å². The molecule has 4 nitrogen and oxygen atoms in total. The Morgan fingerprint density at radius 3 is 2.83 bits per heavy atom. The first kappa shape index (κ1) is 12.2. The highest BCUT2D eigenvalue weighted by Gasteiger charge is 2.11. The Hall–Kier alpha value is -2.23. The summed E-state index contributed by atoms with van der Waals surface area (Å²) in [5, 5.41) is 2.76. The van der Waals surface area contributed by atoms with E-state index in [0.717, 1.165) is 6.42 Å². The van der Waals surface area contributed by atoms with E-state index in [0.29, 0.717) is 18.0 Å². The number of furan rings is 1. The molecule has 0 saturated heterocycles. The topological polar surface area (TPSA) is 51.5 Å². The number of para-hydroxylation sites is 2. The summed E-state index contributed by atoms with van der Waals surface area (Å²) in [6.45, 7) is 2.65. The Labute approximate surface area is 106 Å². The lowest BCUT2D eigenvalue weighted by molar-refractivity contribution is 0.0996. The smallest absolute Gasteiger partial charge is 0.291 e. The molecular formula is C14H15NO3. The second-order valence-corrected chi connectivity index (χ2v) is 3.78. The van der Waals surface area contributed by atoms with Crippen molar-refractivity contribution in [1.29, 1.82) is 0 Å². The van der Waals surface area contributed by atoms with Gasteiger partial charge in [0.1, 0.15) is 5.75 Å². The summed E-state index contributed by atoms with van der Waals surface area (Å²) in [6.07, 6.45) is 2.38. The molecule has 0 fully saturated rings. The zero-order chi connectivity index (χ0) is 12.8. The summed E-state index contributed by atoms with van der Waals surface area (Å²) >= 11 is 0. The van der Waals surface area contributed by atoms with Gasteiger partial charge in [-0.2, -0.15) is 0 Å². The highest BCUT2D eigenvalue weighted by molar-refractivity contribution is 6.03. The van der Waals surface area contributed by atoms with Gasteiger partial charge in [0, 0.05) is 0 Å². The molecule has 0 saturated carbocycles. The summed E-state index contributed by atoms with van der Waals surface area (Å²) in [5.74, 6) is 0.659. The third-order valence-electron chi connectivity index (χ3n) is 2.34. The number of benzene rings is 1.